The van der Waals surface area contributed by atoms with E-state index < -0.39 is 12.0 Å². The molecule has 1 aliphatic heterocycles. The van der Waals surface area contributed by atoms with Gasteiger partial charge in [0.15, 0.2) is 0 Å². The third-order valence-electron chi connectivity index (χ3n) is 4.65. The lowest BCUT2D eigenvalue weighted by Crippen LogP contribution is -2.39. The van der Waals surface area contributed by atoms with Crippen LogP contribution in [0.15, 0.2) is 30.3 Å². The van der Waals surface area contributed by atoms with Gasteiger partial charge >= 0.3 is 5.97 Å². The Kier molecular flexibility index (Phi) is 7.88. The molecule has 1 saturated heterocycles. The molecule has 140 valence electrons. The number of carbonyl (C=O) groups excluding carboxylic acids is 1. The largest absolute Gasteiger partial charge is 0.461 e. The third kappa shape index (κ3) is 6.42. The Morgan fingerprint density at radius 2 is 1.96 bits per heavy atom. The van der Waals surface area contributed by atoms with Gasteiger partial charge in [0.05, 0.1) is 25.9 Å². The number of cyclic esters (lactones) is 1. The fourth-order valence-corrected chi connectivity index (χ4v) is 3.06. The highest BCUT2D eigenvalue weighted by Gasteiger charge is 2.33. The summed E-state index contributed by atoms with van der Waals surface area (Å²) in [5.74, 6) is 0.264. The van der Waals surface area contributed by atoms with Crippen molar-refractivity contribution in [1.29, 1.82) is 0 Å². The zero-order valence-electron chi connectivity index (χ0n) is 15.5. The molecule has 2 N–H and O–H groups in total. The van der Waals surface area contributed by atoms with Crippen molar-refractivity contribution in [2.45, 2.75) is 58.5 Å². The molecule has 1 aromatic rings. The second kappa shape index (κ2) is 9.90. The summed E-state index contributed by atoms with van der Waals surface area (Å²) in [5.41, 5.74) is 6.93. The summed E-state index contributed by atoms with van der Waals surface area (Å²) in [6.07, 6.45) is 1.58. The molecular formula is C20H31NO4. The highest BCUT2D eigenvalue weighted by atomic mass is 16.6. The van der Waals surface area contributed by atoms with E-state index in [1.807, 2.05) is 37.3 Å². The first-order chi connectivity index (χ1) is 12.0. The number of rotatable bonds is 6. The molecule has 25 heavy (non-hydrogen) atoms. The normalized spacial score (nSPS) is 28.1. The molecule has 0 unspecified atom stereocenters. The summed E-state index contributed by atoms with van der Waals surface area (Å²) in [6, 6.07) is 9.33. The first-order valence-corrected chi connectivity index (χ1v) is 9.16. The number of esters is 1. The third-order valence-corrected chi connectivity index (χ3v) is 4.65. The summed E-state index contributed by atoms with van der Waals surface area (Å²) in [6.45, 7) is 7.41. The van der Waals surface area contributed by atoms with Crippen molar-refractivity contribution in [1.82, 2.24) is 0 Å². The molecule has 1 aromatic carbocycles. The van der Waals surface area contributed by atoms with Crippen LogP contribution >= 0.6 is 0 Å². The minimum atomic E-state index is -0.735. The van der Waals surface area contributed by atoms with Crippen LogP contribution in [-0.4, -0.2) is 37.4 Å². The number of ether oxygens (including phenoxy) is 3. The molecule has 4 atom stereocenters. The predicted molar refractivity (Wildman–Crippen MR) is 96.9 cm³/mol. The second-order valence-electron chi connectivity index (χ2n) is 7.26. The number of benzene rings is 1. The molecule has 5 heteroatoms. The van der Waals surface area contributed by atoms with E-state index in [4.69, 9.17) is 19.9 Å². The van der Waals surface area contributed by atoms with Crippen LogP contribution in [0.1, 0.15) is 39.2 Å². The first kappa shape index (κ1) is 19.9. The zero-order chi connectivity index (χ0) is 18.2. The predicted octanol–water partition coefficient (Wildman–Crippen LogP) is 2.91. The molecule has 0 aromatic heterocycles. The lowest BCUT2D eigenvalue weighted by atomic mass is 9.89. The van der Waals surface area contributed by atoms with Crippen LogP contribution in [0.2, 0.25) is 0 Å². The molecule has 2 rings (SSSR count). The molecule has 1 aliphatic rings. The Morgan fingerprint density at radius 3 is 2.64 bits per heavy atom. The SMILES string of the molecule is CC(C)CC[C@H]1[C@H](C)OC(=O)[C@@H](N)COC[C@@H]1OCc1ccccc1. The van der Waals surface area contributed by atoms with E-state index in [1.54, 1.807) is 0 Å². The van der Waals surface area contributed by atoms with Gasteiger partial charge in [-0.2, -0.15) is 0 Å². The van der Waals surface area contributed by atoms with E-state index in [0.717, 1.165) is 18.4 Å². The van der Waals surface area contributed by atoms with Crippen LogP contribution in [0.4, 0.5) is 0 Å². The molecule has 0 aliphatic carbocycles. The molecule has 0 saturated carbocycles. The minimum absolute atomic E-state index is 0.0837. The fraction of sp³-hybridized carbons (Fsp3) is 0.650. The molecule has 1 heterocycles. The van der Waals surface area contributed by atoms with Gasteiger partial charge in [-0.1, -0.05) is 50.6 Å². The molecule has 1 fully saturated rings. The van der Waals surface area contributed by atoms with Crippen LogP contribution < -0.4 is 5.73 Å². The maximum atomic E-state index is 12.0. The Morgan fingerprint density at radius 1 is 1.24 bits per heavy atom. The van der Waals surface area contributed by atoms with Crippen molar-refractivity contribution in [3.05, 3.63) is 35.9 Å². The average Bonchev–Trinajstić information content (AvgIpc) is 2.63. The van der Waals surface area contributed by atoms with Crippen molar-refractivity contribution in [2.24, 2.45) is 17.6 Å². The van der Waals surface area contributed by atoms with Crippen molar-refractivity contribution >= 4 is 5.97 Å². The molecule has 0 spiro atoms. The van der Waals surface area contributed by atoms with Crippen molar-refractivity contribution < 1.29 is 19.0 Å². The van der Waals surface area contributed by atoms with Gasteiger partial charge in [-0.05, 0) is 24.8 Å². The first-order valence-electron chi connectivity index (χ1n) is 9.16. The van der Waals surface area contributed by atoms with E-state index in [0.29, 0.717) is 19.1 Å². The standard InChI is InChI=1S/C20H31NO4/c1-14(2)9-10-17-15(3)25-20(22)18(21)12-23-13-19(17)24-11-16-7-5-4-6-8-16/h4-8,14-15,17-19H,9-13,21H2,1-3H3/t15-,17-,18-,19-/m0/s1. The van der Waals surface area contributed by atoms with Crippen LogP contribution in [0, 0.1) is 11.8 Å². The van der Waals surface area contributed by atoms with E-state index in [9.17, 15) is 4.79 Å². The lowest BCUT2D eigenvalue weighted by molar-refractivity contribution is -0.155. The maximum Gasteiger partial charge on any atom is 0.325 e. The number of carbonyl (C=O) groups is 1. The fourth-order valence-electron chi connectivity index (χ4n) is 3.06. The van der Waals surface area contributed by atoms with Crippen molar-refractivity contribution in [3.8, 4) is 0 Å². The van der Waals surface area contributed by atoms with Gasteiger partial charge in [-0.25, -0.2) is 0 Å². The molecule has 5 nitrogen and oxygen atoms in total. The van der Waals surface area contributed by atoms with Gasteiger partial charge in [-0.15, -0.1) is 0 Å². The van der Waals surface area contributed by atoms with E-state index >= 15 is 0 Å². The molecular weight excluding hydrogens is 318 g/mol. The highest BCUT2D eigenvalue weighted by Crippen LogP contribution is 2.26. The summed E-state index contributed by atoms with van der Waals surface area (Å²) >= 11 is 0. The Labute approximate surface area is 150 Å². The van der Waals surface area contributed by atoms with Crippen LogP contribution in [0.5, 0.6) is 0 Å². The minimum Gasteiger partial charge on any atom is -0.461 e. The molecule has 0 amide bonds. The maximum absolute atomic E-state index is 12.0. The van der Waals surface area contributed by atoms with Gasteiger partial charge in [0.1, 0.15) is 12.1 Å². The lowest BCUT2D eigenvalue weighted by Gasteiger charge is -2.31. The Hall–Kier alpha value is -1.43. The zero-order valence-corrected chi connectivity index (χ0v) is 15.5. The van der Waals surface area contributed by atoms with Crippen LogP contribution in [-0.2, 0) is 25.6 Å². The molecule has 0 bridgehead atoms. The van der Waals surface area contributed by atoms with Gasteiger partial charge in [0.2, 0.25) is 0 Å². The summed E-state index contributed by atoms with van der Waals surface area (Å²) in [7, 11) is 0. The van der Waals surface area contributed by atoms with Crippen LogP contribution in [0.25, 0.3) is 0 Å². The number of hydrogen-bond donors (Lipinski definition) is 1. The highest BCUT2D eigenvalue weighted by molar-refractivity contribution is 5.75. The Balaban J connectivity index is 2.09. The molecule has 0 radical (unpaired) electrons. The van der Waals surface area contributed by atoms with Crippen molar-refractivity contribution in [3.63, 3.8) is 0 Å². The monoisotopic (exact) mass is 349 g/mol. The van der Waals surface area contributed by atoms with Crippen molar-refractivity contribution in [2.75, 3.05) is 13.2 Å². The Bertz CT molecular complexity index is 520. The van der Waals surface area contributed by atoms with Gasteiger partial charge in [0, 0.05) is 5.92 Å². The smallest absolute Gasteiger partial charge is 0.325 e. The van der Waals surface area contributed by atoms with Crippen LogP contribution in [0.3, 0.4) is 0 Å². The van der Waals surface area contributed by atoms with Gasteiger partial charge < -0.3 is 19.9 Å². The summed E-state index contributed by atoms with van der Waals surface area (Å²) < 4.78 is 17.4. The summed E-state index contributed by atoms with van der Waals surface area (Å²) in [5, 5.41) is 0. The van der Waals surface area contributed by atoms with E-state index in [1.165, 1.54) is 0 Å². The second-order valence-corrected chi connectivity index (χ2v) is 7.26. The van der Waals surface area contributed by atoms with Gasteiger partial charge in [-0.3, -0.25) is 4.79 Å². The average molecular weight is 349 g/mol. The van der Waals surface area contributed by atoms with E-state index in [-0.39, 0.29) is 24.7 Å². The topological polar surface area (TPSA) is 70.8 Å². The van der Waals surface area contributed by atoms with Gasteiger partial charge in [0.25, 0.3) is 0 Å². The number of hydrogen-bond acceptors (Lipinski definition) is 5. The summed E-state index contributed by atoms with van der Waals surface area (Å²) in [4.78, 5) is 12.0. The quantitative estimate of drug-likeness (QED) is 0.800. The van der Waals surface area contributed by atoms with E-state index in [2.05, 4.69) is 13.8 Å². The number of nitrogens with two attached hydrogens (primary N) is 1.